The van der Waals surface area contributed by atoms with Gasteiger partial charge in [0.05, 0.1) is 10.6 Å². The molecule has 2 nitrogen and oxygen atoms in total. The normalized spacial score (nSPS) is 11.9. The summed E-state index contributed by atoms with van der Waals surface area (Å²) < 4.78 is 23.5. The van der Waals surface area contributed by atoms with Crippen molar-refractivity contribution in [2.75, 3.05) is 5.75 Å². The average Bonchev–Trinajstić information content (AvgIpc) is 2.47. The van der Waals surface area contributed by atoms with E-state index in [1.807, 2.05) is 13.8 Å². The second-order valence-corrected chi connectivity index (χ2v) is 6.48. The molecular formula is C9H14O2S3. The summed E-state index contributed by atoms with van der Waals surface area (Å²) in [6.07, 6.45) is 0.661. The van der Waals surface area contributed by atoms with E-state index in [0.717, 1.165) is 10.4 Å². The van der Waals surface area contributed by atoms with Gasteiger partial charge in [-0.25, -0.2) is 8.42 Å². The third-order valence-electron chi connectivity index (χ3n) is 2.05. The van der Waals surface area contributed by atoms with E-state index in [0.29, 0.717) is 17.1 Å². The SMILES string of the molecule is CCCS(=O)(=O)c1csc(CS)c1C. The van der Waals surface area contributed by atoms with Crippen molar-refractivity contribution in [3.63, 3.8) is 0 Å². The molecule has 0 aliphatic rings. The highest BCUT2D eigenvalue weighted by Gasteiger charge is 2.18. The van der Waals surface area contributed by atoms with Gasteiger partial charge in [0.2, 0.25) is 0 Å². The molecule has 0 saturated carbocycles. The molecule has 1 aromatic heterocycles. The van der Waals surface area contributed by atoms with E-state index in [1.54, 1.807) is 5.38 Å². The maximum absolute atomic E-state index is 11.8. The number of thiol groups is 1. The van der Waals surface area contributed by atoms with Crippen LogP contribution >= 0.6 is 24.0 Å². The lowest BCUT2D eigenvalue weighted by Gasteiger charge is -2.01. The van der Waals surface area contributed by atoms with E-state index in [2.05, 4.69) is 12.6 Å². The van der Waals surface area contributed by atoms with Crippen molar-refractivity contribution in [2.45, 2.75) is 30.9 Å². The first kappa shape index (κ1) is 12.1. The lowest BCUT2D eigenvalue weighted by atomic mass is 10.3. The van der Waals surface area contributed by atoms with Gasteiger partial charge in [0, 0.05) is 16.0 Å². The summed E-state index contributed by atoms with van der Waals surface area (Å²) in [5.41, 5.74) is 0.874. The fraction of sp³-hybridized carbons (Fsp3) is 0.556. The molecular weight excluding hydrogens is 236 g/mol. The predicted molar refractivity (Wildman–Crippen MR) is 64.1 cm³/mol. The number of hydrogen-bond acceptors (Lipinski definition) is 4. The van der Waals surface area contributed by atoms with Crippen LogP contribution in [0.4, 0.5) is 0 Å². The van der Waals surface area contributed by atoms with Gasteiger partial charge in [-0.1, -0.05) is 6.92 Å². The summed E-state index contributed by atoms with van der Waals surface area (Å²) in [5.74, 6) is 0.842. The van der Waals surface area contributed by atoms with Gasteiger partial charge in [-0.3, -0.25) is 0 Å². The van der Waals surface area contributed by atoms with Gasteiger partial charge in [0.15, 0.2) is 9.84 Å². The maximum atomic E-state index is 11.8. The van der Waals surface area contributed by atoms with Crippen molar-refractivity contribution in [2.24, 2.45) is 0 Å². The molecule has 0 N–H and O–H groups in total. The standard InChI is InChI=1S/C9H14O2S3/c1-3-4-14(10,11)9-6-13-8(5-12)7(9)2/h6,12H,3-5H2,1-2H3. The molecule has 0 aromatic carbocycles. The largest absolute Gasteiger partial charge is 0.224 e. The van der Waals surface area contributed by atoms with Gasteiger partial charge < -0.3 is 0 Å². The Morgan fingerprint density at radius 2 is 2.14 bits per heavy atom. The monoisotopic (exact) mass is 250 g/mol. The highest BCUT2D eigenvalue weighted by Crippen LogP contribution is 2.27. The minimum atomic E-state index is -3.05. The van der Waals surface area contributed by atoms with Gasteiger partial charge in [0.25, 0.3) is 0 Å². The fourth-order valence-corrected chi connectivity index (χ4v) is 4.67. The molecule has 0 atom stereocenters. The van der Waals surface area contributed by atoms with Gasteiger partial charge >= 0.3 is 0 Å². The maximum Gasteiger partial charge on any atom is 0.179 e. The van der Waals surface area contributed by atoms with Crippen LogP contribution in [0.1, 0.15) is 23.8 Å². The van der Waals surface area contributed by atoms with Crippen molar-refractivity contribution in [1.82, 2.24) is 0 Å². The van der Waals surface area contributed by atoms with Gasteiger partial charge in [-0.2, -0.15) is 12.6 Å². The lowest BCUT2D eigenvalue weighted by Crippen LogP contribution is -2.06. The van der Waals surface area contributed by atoms with E-state index in [4.69, 9.17) is 0 Å². The molecule has 0 bridgehead atoms. The Morgan fingerprint density at radius 1 is 1.50 bits per heavy atom. The highest BCUT2D eigenvalue weighted by molar-refractivity contribution is 7.91. The lowest BCUT2D eigenvalue weighted by molar-refractivity contribution is 0.594. The van der Waals surface area contributed by atoms with Crippen LogP contribution in [0, 0.1) is 6.92 Å². The highest BCUT2D eigenvalue weighted by atomic mass is 32.2. The minimum absolute atomic E-state index is 0.233. The van der Waals surface area contributed by atoms with E-state index < -0.39 is 9.84 Å². The molecule has 0 unspecified atom stereocenters. The Kier molecular flexibility index (Phi) is 4.04. The Balaban J connectivity index is 3.14. The summed E-state index contributed by atoms with van der Waals surface area (Å²) in [6.45, 7) is 3.73. The Bertz CT molecular complexity index is 404. The van der Waals surface area contributed by atoms with Crippen LogP contribution in [0.2, 0.25) is 0 Å². The first-order valence-corrected chi connectivity index (χ1v) is 7.60. The molecule has 0 radical (unpaired) electrons. The van der Waals surface area contributed by atoms with E-state index in [-0.39, 0.29) is 5.75 Å². The summed E-state index contributed by atoms with van der Waals surface area (Å²) in [4.78, 5) is 1.54. The van der Waals surface area contributed by atoms with Crippen LogP contribution in [-0.4, -0.2) is 14.2 Å². The zero-order valence-electron chi connectivity index (χ0n) is 8.28. The molecule has 1 aromatic rings. The van der Waals surface area contributed by atoms with Crippen molar-refractivity contribution in [3.8, 4) is 0 Å². The molecule has 0 saturated heterocycles. The zero-order valence-corrected chi connectivity index (χ0v) is 10.8. The third-order valence-corrected chi connectivity index (χ3v) is 5.86. The van der Waals surface area contributed by atoms with Crippen molar-refractivity contribution in [1.29, 1.82) is 0 Å². The number of thiophene rings is 1. The second-order valence-electron chi connectivity index (χ2n) is 3.13. The number of sulfone groups is 1. The topological polar surface area (TPSA) is 34.1 Å². The van der Waals surface area contributed by atoms with Crippen LogP contribution in [-0.2, 0) is 15.6 Å². The van der Waals surface area contributed by atoms with E-state index in [9.17, 15) is 8.42 Å². The number of rotatable bonds is 4. The Hall–Kier alpha value is -0.0000000000000000833. The van der Waals surface area contributed by atoms with Crippen molar-refractivity contribution in [3.05, 3.63) is 15.8 Å². The van der Waals surface area contributed by atoms with Crippen LogP contribution in [0.25, 0.3) is 0 Å². The Morgan fingerprint density at radius 3 is 2.57 bits per heavy atom. The average molecular weight is 250 g/mol. The molecule has 0 aliphatic carbocycles. The van der Waals surface area contributed by atoms with E-state index in [1.165, 1.54) is 11.3 Å². The summed E-state index contributed by atoms with van der Waals surface area (Å²) in [6, 6.07) is 0. The summed E-state index contributed by atoms with van der Waals surface area (Å²) in [5, 5.41) is 1.73. The summed E-state index contributed by atoms with van der Waals surface area (Å²) in [7, 11) is -3.05. The minimum Gasteiger partial charge on any atom is -0.224 e. The first-order valence-electron chi connectivity index (χ1n) is 4.43. The molecule has 1 heterocycles. The molecule has 0 spiro atoms. The van der Waals surface area contributed by atoms with Crippen molar-refractivity contribution < 1.29 is 8.42 Å². The molecule has 5 heteroatoms. The van der Waals surface area contributed by atoms with Gasteiger partial charge in [0.1, 0.15) is 0 Å². The Labute approximate surface area is 94.7 Å². The predicted octanol–water partition coefficient (Wildman–Crippen LogP) is 2.67. The van der Waals surface area contributed by atoms with Crippen LogP contribution in [0.15, 0.2) is 10.3 Å². The molecule has 1 rings (SSSR count). The number of hydrogen-bond donors (Lipinski definition) is 1. The zero-order chi connectivity index (χ0) is 10.8. The van der Waals surface area contributed by atoms with Gasteiger partial charge in [-0.05, 0) is 18.9 Å². The first-order chi connectivity index (χ1) is 6.53. The van der Waals surface area contributed by atoms with Crippen LogP contribution in [0.3, 0.4) is 0 Å². The summed E-state index contributed by atoms with van der Waals surface area (Å²) >= 11 is 5.63. The quantitative estimate of drug-likeness (QED) is 0.834. The molecule has 0 amide bonds. The van der Waals surface area contributed by atoms with Gasteiger partial charge in [-0.15, -0.1) is 11.3 Å². The fourth-order valence-electron chi connectivity index (χ4n) is 1.28. The third kappa shape index (κ3) is 2.32. The molecule has 80 valence electrons. The van der Waals surface area contributed by atoms with Crippen LogP contribution < -0.4 is 0 Å². The molecule has 0 aliphatic heterocycles. The molecule has 14 heavy (non-hydrogen) atoms. The van der Waals surface area contributed by atoms with E-state index >= 15 is 0 Å². The van der Waals surface area contributed by atoms with Crippen molar-refractivity contribution >= 4 is 33.8 Å². The smallest absolute Gasteiger partial charge is 0.179 e. The second kappa shape index (κ2) is 4.68. The van der Waals surface area contributed by atoms with Crippen LogP contribution in [0.5, 0.6) is 0 Å². The molecule has 0 fully saturated rings.